The molecule has 0 saturated carbocycles. The maximum atomic E-state index is 6.28. The molecule has 17 heavy (non-hydrogen) atoms. The zero-order chi connectivity index (χ0) is 11.7. The lowest BCUT2D eigenvalue weighted by atomic mass is 10.0. The maximum absolute atomic E-state index is 6.28. The van der Waals surface area contributed by atoms with Crippen LogP contribution < -0.4 is 5.73 Å². The second kappa shape index (κ2) is 4.56. The van der Waals surface area contributed by atoms with Crippen LogP contribution in [0.2, 0.25) is 0 Å². The first-order chi connectivity index (χ1) is 8.34. The first-order valence-corrected chi connectivity index (χ1v) is 7.19. The SMILES string of the molecule is NC(Cc1cncs1)c1csc2ccccc12. The molecule has 3 rings (SSSR count). The van der Waals surface area contributed by atoms with Crippen molar-refractivity contribution in [2.75, 3.05) is 0 Å². The van der Waals surface area contributed by atoms with Crippen LogP contribution in [0.1, 0.15) is 16.5 Å². The van der Waals surface area contributed by atoms with Gasteiger partial charge in [-0.25, -0.2) is 0 Å². The summed E-state index contributed by atoms with van der Waals surface area (Å²) in [5.41, 5.74) is 9.39. The van der Waals surface area contributed by atoms with E-state index in [0.717, 1.165) is 6.42 Å². The standard InChI is InChI=1S/C13H12N2S2/c14-12(5-9-6-15-8-17-9)11-7-16-13-4-2-1-3-10(11)13/h1-4,6-8,12H,5,14H2. The minimum absolute atomic E-state index is 0.0617. The average Bonchev–Trinajstić information content (AvgIpc) is 2.96. The molecule has 2 aromatic heterocycles. The maximum Gasteiger partial charge on any atom is 0.0794 e. The zero-order valence-corrected chi connectivity index (χ0v) is 10.8. The minimum Gasteiger partial charge on any atom is -0.324 e. The van der Waals surface area contributed by atoms with Crippen molar-refractivity contribution in [1.29, 1.82) is 0 Å². The quantitative estimate of drug-likeness (QED) is 0.781. The molecule has 3 aromatic rings. The highest BCUT2D eigenvalue weighted by atomic mass is 32.1. The Balaban J connectivity index is 1.93. The number of rotatable bonds is 3. The molecule has 1 aromatic carbocycles. The molecule has 2 N–H and O–H groups in total. The zero-order valence-electron chi connectivity index (χ0n) is 9.17. The van der Waals surface area contributed by atoms with Crippen LogP contribution in [-0.4, -0.2) is 4.98 Å². The predicted molar refractivity (Wildman–Crippen MR) is 74.6 cm³/mol. The van der Waals surface area contributed by atoms with Crippen LogP contribution in [0.3, 0.4) is 0 Å². The lowest BCUT2D eigenvalue weighted by Gasteiger charge is -2.09. The summed E-state index contributed by atoms with van der Waals surface area (Å²) in [6, 6.07) is 8.48. The van der Waals surface area contributed by atoms with Crippen LogP contribution >= 0.6 is 22.7 Å². The molecule has 0 aliphatic heterocycles. The summed E-state index contributed by atoms with van der Waals surface area (Å²) in [6.07, 6.45) is 2.77. The Morgan fingerprint density at radius 3 is 2.94 bits per heavy atom. The molecule has 0 radical (unpaired) electrons. The van der Waals surface area contributed by atoms with E-state index in [1.165, 1.54) is 20.5 Å². The molecule has 0 spiro atoms. The van der Waals surface area contributed by atoms with Crippen molar-refractivity contribution in [3.63, 3.8) is 0 Å². The van der Waals surface area contributed by atoms with Gasteiger partial charge in [0, 0.05) is 28.2 Å². The summed E-state index contributed by atoms with van der Waals surface area (Å²) in [5.74, 6) is 0. The highest BCUT2D eigenvalue weighted by Gasteiger charge is 2.12. The Morgan fingerprint density at radius 2 is 2.12 bits per heavy atom. The number of nitrogens with two attached hydrogens (primary N) is 1. The van der Waals surface area contributed by atoms with E-state index in [1.54, 1.807) is 22.7 Å². The topological polar surface area (TPSA) is 38.9 Å². The highest BCUT2D eigenvalue weighted by Crippen LogP contribution is 2.30. The van der Waals surface area contributed by atoms with E-state index in [0.29, 0.717) is 0 Å². The van der Waals surface area contributed by atoms with Gasteiger partial charge in [-0.2, -0.15) is 0 Å². The summed E-state index contributed by atoms with van der Waals surface area (Å²) >= 11 is 3.43. The van der Waals surface area contributed by atoms with Crippen molar-refractivity contribution in [1.82, 2.24) is 4.98 Å². The van der Waals surface area contributed by atoms with Gasteiger partial charge in [-0.3, -0.25) is 4.98 Å². The summed E-state index contributed by atoms with van der Waals surface area (Å²) in [5, 5.41) is 3.46. The average molecular weight is 260 g/mol. The summed E-state index contributed by atoms with van der Waals surface area (Å²) in [7, 11) is 0. The minimum atomic E-state index is 0.0617. The van der Waals surface area contributed by atoms with Crippen LogP contribution in [0.5, 0.6) is 0 Å². The van der Waals surface area contributed by atoms with E-state index in [9.17, 15) is 0 Å². The normalized spacial score (nSPS) is 13.0. The van der Waals surface area contributed by atoms with E-state index in [2.05, 4.69) is 34.6 Å². The third-order valence-corrected chi connectivity index (χ3v) is 4.60. The number of benzene rings is 1. The van der Waals surface area contributed by atoms with Crippen LogP contribution in [-0.2, 0) is 6.42 Å². The summed E-state index contributed by atoms with van der Waals surface area (Å²) in [4.78, 5) is 5.33. The van der Waals surface area contributed by atoms with Crippen LogP contribution in [0.4, 0.5) is 0 Å². The molecular formula is C13H12N2S2. The first kappa shape index (κ1) is 10.9. The fraction of sp³-hybridized carbons (Fsp3) is 0.154. The number of fused-ring (bicyclic) bond motifs is 1. The molecule has 0 aliphatic carbocycles. The summed E-state index contributed by atoms with van der Waals surface area (Å²) in [6.45, 7) is 0. The van der Waals surface area contributed by atoms with Gasteiger partial charge in [0.25, 0.3) is 0 Å². The van der Waals surface area contributed by atoms with Gasteiger partial charge in [0.15, 0.2) is 0 Å². The molecule has 0 fully saturated rings. The van der Waals surface area contributed by atoms with Crippen molar-refractivity contribution in [2.45, 2.75) is 12.5 Å². The number of hydrogen-bond donors (Lipinski definition) is 1. The number of hydrogen-bond acceptors (Lipinski definition) is 4. The van der Waals surface area contributed by atoms with Crippen LogP contribution in [0, 0.1) is 0 Å². The lowest BCUT2D eigenvalue weighted by Crippen LogP contribution is -2.12. The molecule has 4 heteroatoms. The molecule has 0 bridgehead atoms. The van der Waals surface area contributed by atoms with E-state index in [4.69, 9.17) is 5.73 Å². The monoisotopic (exact) mass is 260 g/mol. The fourth-order valence-electron chi connectivity index (χ4n) is 1.96. The molecule has 2 heterocycles. The Kier molecular flexibility index (Phi) is 2.93. The van der Waals surface area contributed by atoms with E-state index < -0.39 is 0 Å². The Labute approximate surface area is 108 Å². The van der Waals surface area contributed by atoms with Gasteiger partial charge in [0.05, 0.1) is 5.51 Å². The predicted octanol–water partition coefficient (Wildman–Crippen LogP) is 3.60. The number of thiophene rings is 1. The van der Waals surface area contributed by atoms with Crippen molar-refractivity contribution in [3.8, 4) is 0 Å². The molecule has 1 atom stereocenters. The van der Waals surface area contributed by atoms with E-state index >= 15 is 0 Å². The highest BCUT2D eigenvalue weighted by molar-refractivity contribution is 7.17. The Hall–Kier alpha value is -1.23. The van der Waals surface area contributed by atoms with Crippen molar-refractivity contribution in [3.05, 3.63) is 51.8 Å². The van der Waals surface area contributed by atoms with Crippen molar-refractivity contribution < 1.29 is 0 Å². The molecular weight excluding hydrogens is 248 g/mol. The van der Waals surface area contributed by atoms with Crippen LogP contribution in [0.25, 0.3) is 10.1 Å². The smallest absolute Gasteiger partial charge is 0.0794 e. The number of aromatic nitrogens is 1. The largest absolute Gasteiger partial charge is 0.324 e. The molecule has 0 aliphatic rings. The first-order valence-electron chi connectivity index (χ1n) is 5.43. The van der Waals surface area contributed by atoms with Crippen LogP contribution in [0.15, 0.2) is 41.4 Å². The van der Waals surface area contributed by atoms with Crippen molar-refractivity contribution >= 4 is 32.8 Å². The third-order valence-electron chi connectivity index (χ3n) is 2.81. The van der Waals surface area contributed by atoms with Gasteiger partial charge in [0.2, 0.25) is 0 Å². The number of nitrogens with zero attached hydrogens (tertiary/aromatic N) is 1. The van der Waals surface area contributed by atoms with E-state index in [-0.39, 0.29) is 6.04 Å². The Morgan fingerprint density at radius 1 is 1.24 bits per heavy atom. The molecule has 2 nitrogen and oxygen atoms in total. The summed E-state index contributed by atoms with van der Waals surface area (Å²) < 4.78 is 1.31. The second-order valence-corrected chi connectivity index (χ2v) is 5.85. The van der Waals surface area contributed by atoms with Gasteiger partial charge >= 0.3 is 0 Å². The molecule has 86 valence electrons. The van der Waals surface area contributed by atoms with E-state index in [1.807, 2.05) is 11.7 Å². The van der Waals surface area contributed by atoms with Crippen molar-refractivity contribution in [2.24, 2.45) is 5.73 Å². The Bertz CT molecular complexity index is 613. The second-order valence-electron chi connectivity index (χ2n) is 3.97. The van der Waals surface area contributed by atoms with Gasteiger partial charge < -0.3 is 5.73 Å². The van der Waals surface area contributed by atoms with Gasteiger partial charge in [-0.15, -0.1) is 22.7 Å². The molecule has 0 saturated heterocycles. The lowest BCUT2D eigenvalue weighted by molar-refractivity contribution is 0.738. The van der Waals surface area contributed by atoms with Gasteiger partial charge in [-0.05, 0) is 22.4 Å². The van der Waals surface area contributed by atoms with Gasteiger partial charge in [-0.1, -0.05) is 18.2 Å². The molecule has 1 unspecified atom stereocenters. The number of thiazole rings is 1. The fourth-order valence-corrected chi connectivity index (χ4v) is 3.64. The third kappa shape index (κ3) is 2.11. The van der Waals surface area contributed by atoms with Gasteiger partial charge in [0.1, 0.15) is 0 Å². The molecule has 0 amide bonds.